The SMILES string of the molecule is CCCC(C)NC(=O)c1ccc(NS(=O)(=O)c2ccccc2)cc1Cl. The molecule has 0 fully saturated rings. The molecule has 1 atom stereocenters. The van der Waals surface area contributed by atoms with E-state index in [1.807, 2.05) is 13.8 Å². The zero-order valence-electron chi connectivity index (χ0n) is 14.1. The minimum Gasteiger partial charge on any atom is -0.350 e. The lowest BCUT2D eigenvalue weighted by atomic mass is 10.1. The summed E-state index contributed by atoms with van der Waals surface area (Å²) in [4.78, 5) is 12.4. The summed E-state index contributed by atoms with van der Waals surface area (Å²) < 4.78 is 27.1. The lowest BCUT2D eigenvalue weighted by molar-refractivity contribution is 0.0938. The van der Waals surface area contributed by atoms with E-state index in [0.29, 0.717) is 11.3 Å². The Kier molecular flexibility index (Phi) is 6.45. The fraction of sp³-hybridized carbons (Fsp3) is 0.278. The topological polar surface area (TPSA) is 75.3 Å². The Morgan fingerprint density at radius 1 is 1.16 bits per heavy atom. The van der Waals surface area contributed by atoms with Gasteiger partial charge in [-0.3, -0.25) is 9.52 Å². The summed E-state index contributed by atoms with van der Waals surface area (Å²) in [6.07, 6.45) is 1.84. The van der Waals surface area contributed by atoms with E-state index in [0.717, 1.165) is 12.8 Å². The van der Waals surface area contributed by atoms with Gasteiger partial charge in [-0.2, -0.15) is 0 Å². The molecule has 0 heterocycles. The maximum absolute atomic E-state index is 12.3. The molecule has 2 rings (SSSR count). The lowest BCUT2D eigenvalue weighted by Crippen LogP contribution is -2.32. The molecule has 0 bridgehead atoms. The van der Waals surface area contributed by atoms with Crippen molar-refractivity contribution in [3.63, 3.8) is 0 Å². The van der Waals surface area contributed by atoms with Crippen molar-refractivity contribution in [2.24, 2.45) is 0 Å². The van der Waals surface area contributed by atoms with Crippen molar-refractivity contribution in [2.45, 2.75) is 37.6 Å². The Hall–Kier alpha value is -2.05. The number of rotatable bonds is 7. The molecular formula is C18H21ClN2O3S. The molecule has 0 aliphatic heterocycles. The number of hydrogen-bond donors (Lipinski definition) is 2. The minimum absolute atomic E-state index is 0.0461. The first-order chi connectivity index (χ1) is 11.8. The van der Waals surface area contributed by atoms with Crippen LogP contribution in [0.1, 0.15) is 37.0 Å². The van der Waals surface area contributed by atoms with Crippen LogP contribution in [-0.2, 0) is 10.0 Å². The number of carbonyl (C=O) groups excluding carboxylic acids is 1. The van der Waals surface area contributed by atoms with E-state index < -0.39 is 10.0 Å². The number of benzene rings is 2. The molecule has 5 nitrogen and oxygen atoms in total. The van der Waals surface area contributed by atoms with Gasteiger partial charge in [0.2, 0.25) is 0 Å². The third-order valence-corrected chi connectivity index (χ3v) is 5.33. The van der Waals surface area contributed by atoms with E-state index in [1.54, 1.807) is 18.2 Å². The Morgan fingerprint density at radius 2 is 1.84 bits per heavy atom. The minimum atomic E-state index is -3.70. The Labute approximate surface area is 153 Å². The van der Waals surface area contributed by atoms with Crippen LogP contribution in [0.25, 0.3) is 0 Å². The number of nitrogens with one attached hydrogen (secondary N) is 2. The van der Waals surface area contributed by atoms with Crippen LogP contribution in [0, 0.1) is 0 Å². The number of hydrogen-bond acceptors (Lipinski definition) is 3. The lowest BCUT2D eigenvalue weighted by Gasteiger charge is -2.14. The van der Waals surface area contributed by atoms with E-state index in [2.05, 4.69) is 10.0 Å². The van der Waals surface area contributed by atoms with Gasteiger partial charge in [0.15, 0.2) is 0 Å². The van der Waals surface area contributed by atoms with Gasteiger partial charge in [-0.25, -0.2) is 8.42 Å². The third kappa shape index (κ3) is 5.21. The summed E-state index contributed by atoms with van der Waals surface area (Å²) in [5.74, 6) is -0.275. The van der Waals surface area contributed by atoms with Crippen LogP contribution in [0.5, 0.6) is 0 Å². The molecule has 2 N–H and O–H groups in total. The van der Waals surface area contributed by atoms with E-state index in [-0.39, 0.29) is 21.9 Å². The second-order valence-electron chi connectivity index (χ2n) is 5.78. The van der Waals surface area contributed by atoms with Gasteiger partial charge in [-0.05, 0) is 43.7 Å². The van der Waals surface area contributed by atoms with Gasteiger partial charge < -0.3 is 5.32 Å². The number of carbonyl (C=O) groups is 1. The summed E-state index contributed by atoms with van der Waals surface area (Å²) in [5.41, 5.74) is 0.610. The first-order valence-corrected chi connectivity index (χ1v) is 9.88. The number of halogens is 1. The van der Waals surface area contributed by atoms with E-state index in [1.165, 1.54) is 30.3 Å². The van der Waals surface area contributed by atoms with Gasteiger partial charge in [0.1, 0.15) is 0 Å². The molecule has 25 heavy (non-hydrogen) atoms. The van der Waals surface area contributed by atoms with Crippen molar-refractivity contribution < 1.29 is 13.2 Å². The van der Waals surface area contributed by atoms with Crippen LogP contribution < -0.4 is 10.0 Å². The number of amides is 1. The summed E-state index contributed by atoms with van der Waals surface area (Å²) in [7, 11) is -3.70. The molecule has 0 aromatic heterocycles. The second kappa shape index (κ2) is 8.36. The highest BCUT2D eigenvalue weighted by Crippen LogP contribution is 2.23. The monoisotopic (exact) mass is 380 g/mol. The van der Waals surface area contributed by atoms with Crippen molar-refractivity contribution in [1.82, 2.24) is 5.32 Å². The molecule has 1 unspecified atom stereocenters. The molecule has 7 heteroatoms. The molecule has 0 spiro atoms. The van der Waals surface area contributed by atoms with Crippen molar-refractivity contribution in [3.8, 4) is 0 Å². The van der Waals surface area contributed by atoms with Crippen LogP contribution in [-0.4, -0.2) is 20.4 Å². The summed E-state index contributed by atoms with van der Waals surface area (Å²) in [5, 5.41) is 3.06. The fourth-order valence-electron chi connectivity index (χ4n) is 2.38. The van der Waals surface area contributed by atoms with Crippen LogP contribution in [0.4, 0.5) is 5.69 Å². The van der Waals surface area contributed by atoms with E-state index >= 15 is 0 Å². The fourth-order valence-corrected chi connectivity index (χ4v) is 3.72. The van der Waals surface area contributed by atoms with Crippen LogP contribution in [0.2, 0.25) is 5.02 Å². The molecule has 0 aliphatic rings. The number of anilines is 1. The van der Waals surface area contributed by atoms with E-state index in [9.17, 15) is 13.2 Å². The van der Waals surface area contributed by atoms with Crippen molar-refractivity contribution >= 4 is 33.2 Å². The maximum atomic E-state index is 12.3. The van der Waals surface area contributed by atoms with Gasteiger partial charge in [0.25, 0.3) is 15.9 Å². The molecule has 2 aromatic carbocycles. The largest absolute Gasteiger partial charge is 0.350 e. The highest BCUT2D eigenvalue weighted by atomic mass is 35.5. The van der Waals surface area contributed by atoms with Gasteiger partial charge >= 0.3 is 0 Å². The molecule has 134 valence electrons. The van der Waals surface area contributed by atoms with Crippen LogP contribution >= 0.6 is 11.6 Å². The second-order valence-corrected chi connectivity index (χ2v) is 7.87. The van der Waals surface area contributed by atoms with Gasteiger partial charge in [0, 0.05) is 6.04 Å². The first-order valence-electron chi connectivity index (χ1n) is 8.01. The zero-order chi connectivity index (χ0) is 18.4. The summed E-state index contributed by atoms with van der Waals surface area (Å²) in [6.45, 7) is 3.97. The Balaban J connectivity index is 2.15. The molecule has 0 saturated heterocycles. The smallest absolute Gasteiger partial charge is 0.261 e. The number of sulfonamides is 1. The summed E-state index contributed by atoms with van der Waals surface area (Å²) in [6, 6.07) is 12.5. The highest BCUT2D eigenvalue weighted by molar-refractivity contribution is 7.92. The predicted octanol–water partition coefficient (Wildman–Crippen LogP) is 4.06. The van der Waals surface area contributed by atoms with Crippen LogP contribution in [0.3, 0.4) is 0 Å². The third-order valence-electron chi connectivity index (χ3n) is 3.62. The van der Waals surface area contributed by atoms with Crippen molar-refractivity contribution in [2.75, 3.05) is 4.72 Å². The van der Waals surface area contributed by atoms with Gasteiger partial charge in [-0.1, -0.05) is 43.1 Å². The molecule has 0 saturated carbocycles. The van der Waals surface area contributed by atoms with E-state index in [4.69, 9.17) is 11.6 Å². The standard InChI is InChI=1S/C18H21ClN2O3S/c1-3-7-13(2)20-18(22)16-11-10-14(12-17(16)19)21-25(23,24)15-8-5-4-6-9-15/h4-6,8-13,21H,3,7H2,1-2H3,(H,20,22). The van der Waals surface area contributed by atoms with Gasteiger partial charge in [-0.15, -0.1) is 0 Å². The van der Waals surface area contributed by atoms with Crippen molar-refractivity contribution in [3.05, 3.63) is 59.1 Å². The predicted molar refractivity (Wildman–Crippen MR) is 101 cm³/mol. The molecule has 0 radical (unpaired) electrons. The zero-order valence-corrected chi connectivity index (χ0v) is 15.7. The molecule has 1 amide bonds. The quantitative estimate of drug-likeness (QED) is 0.760. The van der Waals surface area contributed by atoms with Gasteiger partial charge in [0.05, 0.1) is 21.2 Å². The summed E-state index contributed by atoms with van der Waals surface area (Å²) >= 11 is 6.16. The highest BCUT2D eigenvalue weighted by Gasteiger charge is 2.16. The average Bonchev–Trinajstić information content (AvgIpc) is 2.55. The Bertz CT molecular complexity index is 839. The molecule has 2 aromatic rings. The molecule has 0 aliphatic carbocycles. The Morgan fingerprint density at radius 3 is 2.44 bits per heavy atom. The van der Waals surface area contributed by atoms with Crippen molar-refractivity contribution in [1.29, 1.82) is 0 Å². The van der Waals surface area contributed by atoms with Crippen LogP contribution in [0.15, 0.2) is 53.4 Å². The average molecular weight is 381 g/mol. The normalized spacial score (nSPS) is 12.4. The maximum Gasteiger partial charge on any atom is 0.261 e. The molecular weight excluding hydrogens is 360 g/mol. The first kappa shape index (κ1) is 19.3.